The molecule has 5 nitrogen and oxygen atoms in total. The van der Waals surface area contributed by atoms with E-state index in [2.05, 4.69) is 16.7 Å². The SMILES string of the molecule is CCC(C)[C@H](NC(=O)NCCc1cccc(C)c1)C(=O)O. The number of aliphatic carboxylic acids is 1. The third-order valence-electron chi connectivity index (χ3n) is 3.55. The Morgan fingerprint density at radius 2 is 2.05 bits per heavy atom. The molecule has 2 amide bonds. The molecule has 0 aliphatic heterocycles. The van der Waals surface area contributed by atoms with Crippen LogP contribution in [0.1, 0.15) is 31.4 Å². The van der Waals surface area contributed by atoms with E-state index in [0.717, 1.165) is 12.0 Å². The summed E-state index contributed by atoms with van der Waals surface area (Å²) in [5.74, 6) is -1.11. The molecule has 0 radical (unpaired) electrons. The molecule has 0 saturated carbocycles. The molecule has 0 bridgehead atoms. The van der Waals surface area contributed by atoms with Crippen LogP contribution in [0.2, 0.25) is 0 Å². The Kier molecular flexibility index (Phi) is 6.72. The number of carbonyl (C=O) groups excluding carboxylic acids is 1. The van der Waals surface area contributed by atoms with Crippen LogP contribution in [0, 0.1) is 12.8 Å². The van der Waals surface area contributed by atoms with E-state index in [4.69, 9.17) is 5.11 Å². The van der Waals surface area contributed by atoms with Crippen molar-refractivity contribution >= 4 is 12.0 Å². The second-order valence-electron chi connectivity index (χ2n) is 5.34. The second kappa shape index (κ2) is 8.29. The summed E-state index contributed by atoms with van der Waals surface area (Å²) in [6.07, 6.45) is 1.41. The number of carbonyl (C=O) groups is 2. The smallest absolute Gasteiger partial charge is 0.326 e. The van der Waals surface area contributed by atoms with Gasteiger partial charge in [-0.3, -0.25) is 0 Å². The minimum atomic E-state index is -1.00. The molecule has 116 valence electrons. The fourth-order valence-electron chi connectivity index (χ4n) is 2.06. The highest BCUT2D eigenvalue weighted by molar-refractivity contribution is 5.82. The first-order chi connectivity index (χ1) is 9.93. The Bertz CT molecular complexity index is 488. The Balaban J connectivity index is 2.41. The predicted octanol–water partition coefficient (Wildman–Crippen LogP) is 2.34. The number of hydrogen-bond acceptors (Lipinski definition) is 2. The lowest BCUT2D eigenvalue weighted by molar-refractivity contribution is -0.140. The Hall–Kier alpha value is -2.04. The molecule has 5 heteroatoms. The number of amides is 2. The van der Waals surface area contributed by atoms with Crippen LogP contribution in [-0.2, 0) is 11.2 Å². The van der Waals surface area contributed by atoms with E-state index in [1.54, 1.807) is 0 Å². The van der Waals surface area contributed by atoms with E-state index in [1.807, 2.05) is 39.0 Å². The highest BCUT2D eigenvalue weighted by Crippen LogP contribution is 2.08. The van der Waals surface area contributed by atoms with Gasteiger partial charge in [0.25, 0.3) is 0 Å². The van der Waals surface area contributed by atoms with Crippen molar-refractivity contribution in [2.45, 2.75) is 39.7 Å². The maximum atomic E-state index is 11.7. The van der Waals surface area contributed by atoms with Gasteiger partial charge >= 0.3 is 12.0 Å². The Labute approximate surface area is 125 Å². The van der Waals surface area contributed by atoms with Crippen molar-refractivity contribution in [3.63, 3.8) is 0 Å². The van der Waals surface area contributed by atoms with Crippen molar-refractivity contribution in [2.75, 3.05) is 6.54 Å². The molecule has 21 heavy (non-hydrogen) atoms. The second-order valence-corrected chi connectivity index (χ2v) is 5.34. The molecule has 0 fully saturated rings. The van der Waals surface area contributed by atoms with Crippen LogP contribution in [0.4, 0.5) is 4.79 Å². The van der Waals surface area contributed by atoms with Crippen molar-refractivity contribution < 1.29 is 14.7 Å². The summed E-state index contributed by atoms with van der Waals surface area (Å²) >= 11 is 0. The molecular formula is C16H24N2O3. The predicted molar refractivity (Wildman–Crippen MR) is 82.3 cm³/mol. The molecule has 3 N–H and O–H groups in total. The van der Waals surface area contributed by atoms with E-state index < -0.39 is 18.0 Å². The van der Waals surface area contributed by atoms with Crippen LogP contribution in [0.3, 0.4) is 0 Å². The zero-order valence-corrected chi connectivity index (χ0v) is 12.8. The lowest BCUT2D eigenvalue weighted by atomic mass is 9.99. The topological polar surface area (TPSA) is 78.4 Å². The van der Waals surface area contributed by atoms with Crippen LogP contribution >= 0.6 is 0 Å². The normalized spacial score (nSPS) is 13.3. The molecule has 1 aromatic rings. The van der Waals surface area contributed by atoms with Gasteiger partial charge in [0, 0.05) is 6.54 Å². The number of benzene rings is 1. The Morgan fingerprint density at radius 1 is 1.33 bits per heavy atom. The summed E-state index contributed by atoms with van der Waals surface area (Å²) in [6.45, 7) is 6.21. The van der Waals surface area contributed by atoms with Crippen molar-refractivity contribution in [3.8, 4) is 0 Å². The third kappa shape index (κ3) is 5.85. The highest BCUT2D eigenvalue weighted by Gasteiger charge is 2.24. The van der Waals surface area contributed by atoms with E-state index in [0.29, 0.717) is 13.0 Å². The lowest BCUT2D eigenvalue weighted by Crippen LogP contribution is -2.49. The molecule has 2 atom stereocenters. The van der Waals surface area contributed by atoms with E-state index in [9.17, 15) is 9.59 Å². The van der Waals surface area contributed by atoms with Gasteiger partial charge in [-0.05, 0) is 24.8 Å². The largest absolute Gasteiger partial charge is 0.480 e. The maximum Gasteiger partial charge on any atom is 0.326 e. The number of aryl methyl sites for hydroxylation is 1. The zero-order chi connectivity index (χ0) is 15.8. The standard InChI is InChI=1S/C16H24N2O3/c1-4-12(3)14(15(19)20)18-16(21)17-9-8-13-7-5-6-11(2)10-13/h5-7,10,12,14H,4,8-9H2,1-3H3,(H,19,20)(H2,17,18,21)/t12?,14-/m0/s1. The molecule has 1 rings (SSSR count). The number of urea groups is 1. The van der Waals surface area contributed by atoms with Gasteiger partial charge in [0.15, 0.2) is 0 Å². The first-order valence-corrected chi connectivity index (χ1v) is 7.26. The minimum absolute atomic E-state index is 0.106. The summed E-state index contributed by atoms with van der Waals surface area (Å²) in [4.78, 5) is 22.9. The van der Waals surface area contributed by atoms with Gasteiger partial charge in [-0.25, -0.2) is 9.59 Å². The summed E-state index contributed by atoms with van der Waals surface area (Å²) in [5, 5.41) is 14.3. The van der Waals surface area contributed by atoms with E-state index in [1.165, 1.54) is 5.56 Å². The minimum Gasteiger partial charge on any atom is -0.480 e. The van der Waals surface area contributed by atoms with Gasteiger partial charge in [-0.1, -0.05) is 50.1 Å². The fourth-order valence-corrected chi connectivity index (χ4v) is 2.06. The average molecular weight is 292 g/mol. The first kappa shape index (κ1) is 17.0. The van der Waals surface area contributed by atoms with Crippen LogP contribution in [-0.4, -0.2) is 29.7 Å². The molecular weight excluding hydrogens is 268 g/mol. The van der Waals surface area contributed by atoms with Crippen LogP contribution in [0.5, 0.6) is 0 Å². The number of hydrogen-bond donors (Lipinski definition) is 3. The zero-order valence-electron chi connectivity index (χ0n) is 12.8. The third-order valence-corrected chi connectivity index (χ3v) is 3.55. The molecule has 0 saturated heterocycles. The summed E-state index contributed by atoms with van der Waals surface area (Å²) < 4.78 is 0. The van der Waals surface area contributed by atoms with Crippen molar-refractivity contribution in [3.05, 3.63) is 35.4 Å². The van der Waals surface area contributed by atoms with Crippen LogP contribution in [0.15, 0.2) is 24.3 Å². The lowest BCUT2D eigenvalue weighted by Gasteiger charge is -2.20. The summed E-state index contributed by atoms with van der Waals surface area (Å²) in [6, 6.07) is 6.79. The molecule has 0 aliphatic rings. The van der Waals surface area contributed by atoms with Gasteiger partial charge < -0.3 is 15.7 Å². The molecule has 0 spiro atoms. The quantitative estimate of drug-likeness (QED) is 0.721. The van der Waals surface area contributed by atoms with Gasteiger partial charge in [-0.15, -0.1) is 0 Å². The van der Waals surface area contributed by atoms with Crippen molar-refractivity contribution in [1.29, 1.82) is 0 Å². The molecule has 0 heterocycles. The number of carboxylic acids is 1. The van der Waals surface area contributed by atoms with Gasteiger partial charge in [0.05, 0.1) is 0 Å². The van der Waals surface area contributed by atoms with Gasteiger partial charge in [0.1, 0.15) is 6.04 Å². The molecule has 1 aromatic carbocycles. The molecule has 0 aliphatic carbocycles. The maximum absolute atomic E-state index is 11.7. The number of rotatable bonds is 7. The van der Waals surface area contributed by atoms with Gasteiger partial charge in [-0.2, -0.15) is 0 Å². The van der Waals surface area contributed by atoms with E-state index >= 15 is 0 Å². The first-order valence-electron chi connectivity index (χ1n) is 7.26. The van der Waals surface area contributed by atoms with Crippen LogP contribution < -0.4 is 10.6 Å². The van der Waals surface area contributed by atoms with Crippen LogP contribution in [0.25, 0.3) is 0 Å². The number of nitrogens with one attached hydrogen (secondary N) is 2. The molecule has 1 unspecified atom stereocenters. The fraction of sp³-hybridized carbons (Fsp3) is 0.500. The summed E-state index contributed by atoms with van der Waals surface area (Å²) in [7, 11) is 0. The highest BCUT2D eigenvalue weighted by atomic mass is 16.4. The molecule has 0 aromatic heterocycles. The average Bonchev–Trinajstić information content (AvgIpc) is 2.43. The summed E-state index contributed by atoms with van der Waals surface area (Å²) in [5.41, 5.74) is 2.33. The number of carboxylic acid groups (broad SMARTS) is 1. The van der Waals surface area contributed by atoms with Crippen molar-refractivity contribution in [1.82, 2.24) is 10.6 Å². The monoisotopic (exact) mass is 292 g/mol. The van der Waals surface area contributed by atoms with E-state index in [-0.39, 0.29) is 5.92 Å². The van der Waals surface area contributed by atoms with Gasteiger partial charge in [0.2, 0.25) is 0 Å². The Morgan fingerprint density at radius 3 is 2.62 bits per heavy atom. The van der Waals surface area contributed by atoms with Crippen molar-refractivity contribution in [2.24, 2.45) is 5.92 Å².